The average Bonchev–Trinajstić information content (AvgIpc) is 2.28. The van der Waals surface area contributed by atoms with Gasteiger partial charge in [0.25, 0.3) is 5.91 Å². The van der Waals surface area contributed by atoms with Crippen molar-refractivity contribution in [3.05, 3.63) is 35.9 Å². The van der Waals surface area contributed by atoms with Gasteiger partial charge in [0.2, 0.25) is 6.10 Å². The maximum Gasteiger partial charge on any atom is 0.342 e. The fraction of sp³-hybridized carbons (Fsp3) is 0.273. The number of amides is 1. The second-order valence-electron chi connectivity index (χ2n) is 3.16. The van der Waals surface area contributed by atoms with Gasteiger partial charge in [-0.05, 0) is 5.56 Å². The predicted molar refractivity (Wildman–Crippen MR) is 56.7 cm³/mol. The summed E-state index contributed by atoms with van der Waals surface area (Å²) in [4.78, 5) is 22.0. The number of carboxylic acid groups (broad SMARTS) is 1. The van der Waals surface area contributed by atoms with Crippen LogP contribution in [0.15, 0.2) is 30.3 Å². The van der Waals surface area contributed by atoms with Crippen molar-refractivity contribution < 1.29 is 19.4 Å². The Morgan fingerprint density at radius 2 is 2.00 bits per heavy atom. The fourth-order valence-electron chi connectivity index (χ4n) is 1.20. The molecule has 0 heterocycles. The lowest BCUT2D eigenvalue weighted by Gasteiger charge is -2.10. The largest absolute Gasteiger partial charge is 0.479 e. The Morgan fingerprint density at radius 1 is 1.38 bits per heavy atom. The second-order valence-corrected chi connectivity index (χ2v) is 3.16. The zero-order valence-corrected chi connectivity index (χ0v) is 8.84. The van der Waals surface area contributed by atoms with Crippen LogP contribution in [0.2, 0.25) is 0 Å². The van der Waals surface area contributed by atoms with Crippen LogP contribution in [0.1, 0.15) is 5.56 Å². The first kappa shape index (κ1) is 12.2. The van der Waals surface area contributed by atoms with Crippen LogP contribution >= 0.6 is 0 Å². The highest BCUT2D eigenvalue weighted by atomic mass is 16.5. The molecule has 0 fully saturated rings. The molecule has 1 unspecified atom stereocenters. The van der Waals surface area contributed by atoms with Crippen molar-refractivity contribution in [1.82, 2.24) is 5.32 Å². The van der Waals surface area contributed by atoms with Gasteiger partial charge in [0.15, 0.2) is 0 Å². The van der Waals surface area contributed by atoms with Gasteiger partial charge in [0.05, 0.1) is 0 Å². The van der Waals surface area contributed by atoms with Gasteiger partial charge in [0.1, 0.15) is 0 Å². The van der Waals surface area contributed by atoms with E-state index in [1.54, 1.807) is 0 Å². The summed E-state index contributed by atoms with van der Waals surface area (Å²) in [5.41, 5.74) is 0.899. The van der Waals surface area contributed by atoms with Crippen molar-refractivity contribution in [2.24, 2.45) is 0 Å². The Labute approximate surface area is 93.0 Å². The standard InChI is InChI=1S/C11H13NO4/c1-16-9(11(14)15)10(13)12-7-8-5-3-2-4-6-8/h2-6,9H,7H2,1H3,(H,12,13)(H,14,15). The molecule has 5 nitrogen and oxygen atoms in total. The third-order valence-electron chi connectivity index (χ3n) is 2.01. The van der Waals surface area contributed by atoms with Crippen LogP contribution in [-0.4, -0.2) is 30.2 Å². The number of hydrogen-bond acceptors (Lipinski definition) is 3. The van der Waals surface area contributed by atoms with Crippen molar-refractivity contribution in [3.8, 4) is 0 Å². The van der Waals surface area contributed by atoms with Crippen LogP contribution in [0, 0.1) is 0 Å². The molecule has 0 aromatic heterocycles. The Kier molecular flexibility index (Phi) is 4.47. The molecule has 0 aliphatic heterocycles. The van der Waals surface area contributed by atoms with Gasteiger partial charge in [-0.1, -0.05) is 30.3 Å². The number of nitrogens with one attached hydrogen (secondary N) is 1. The second kappa shape index (κ2) is 5.87. The van der Waals surface area contributed by atoms with Crippen LogP contribution in [0.4, 0.5) is 0 Å². The molecule has 0 aliphatic rings. The molecule has 1 aromatic rings. The maximum absolute atomic E-state index is 11.4. The molecule has 1 amide bonds. The minimum absolute atomic E-state index is 0.285. The summed E-state index contributed by atoms with van der Waals surface area (Å²) in [5.74, 6) is -1.95. The van der Waals surface area contributed by atoms with Gasteiger partial charge in [-0.15, -0.1) is 0 Å². The van der Waals surface area contributed by atoms with E-state index in [-0.39, 0.29) is 6.54 Å². The molecule has 0 spiro atoms. The molecule has 0 saturated heterocycles. The molecule has 0 radical (unpaired) electrons. The lowest BCUT2D eigenvalue weighted by atomic mass is 10.2. The highest BCUT2D eigenvalue weighted by molar-refractivity contribution is 5.99. The minimum atomic E-state index is -1.45. The number of benzene rings is 1. The summed E-state index contributed by atoms with van der Waals surface area (Å²) in [6, 6.07) is 9.21. The third-order valence-corrected chi connectivity index (χ3v) is 2.01. The molecule has 0 saturated carbocycles. The zero-order chi connectivity index (χ0) is 12.0. The lowest BCUT2D eigenvalue weighted by molar-refractivity contribution is -0.155. The number of carboxylic acids is 1. The molecule has 1 atom stereocenters. The first-order chi connectivity index (χ1) is 7.65. The Balaban J connectivity index is 2.49. The molecule has 5 heteroatoms. The first-order valence-corrected chi connectivity index (χ1v) is 4.72. The minimum Gasteiger partial charge on any atom is -0.479 e. The summed E-state index contributed by atoms with van der Waals surface area (Å²) in [6.45, 7) is 0.285. The molecule has 2 N–H and O–H groups in total. The molecule has 0 bridgehead atoms. The summed E-state index contributed by atoms with van der Waals surface area (Å²) >= 11 is 0. The molecule has 16 heavy (non-hydrogen) atoms. The van der Waals surface area contributed by atoms with Gasteiger partial charge in [-0.25, -0.2) is 4.79 Å². The molecule has 0 aliphatic carbocycles. The number of aliphatic carboxylic acids is 1. The molecular weight excluding hydrogens is 210 g/mol. The van der Waals surface area contributed by atoms with E-state index >= 15 is 0 Å². The highest BCUT2D eigenvalue weighted by Crippen LogP contribution is 1.98. The number of methoxy groups -OCH3 is 1. The molecular formula is C11H13NO4. The zero-order valence-electron chi connectivity index (χ0n) is 8.84. The van der Waals surface area contributed by atoms with E-state index in [0.717, 1.165) is 5.56 Å². The van der Waals surface area contributed by atoms with Crippen LogP contribution in [0.5, 0.6) is 0 Å². The fourth-order valence-corrected chi connectivity index (χ4v) is 1.20. The molecule has 1 rings (SSSR count). The Bertz CT molecular complexity index is 364. The van der Waals surface area contributed by atoms with E-state index in [2.05, 4.69) is 10.1 Å². The predicted octanol–water partition coefficient (Wildman–Crippen LogP) is 0.402. The van der Waals surface area contributed by atoms with E-state index in [0.29, 0.717) is 0 Å². The summed E-state index contributed by atoms with van der Waals surface area (Å²) in [5, 5.41) is 11.1. The van der Waals surface area contributed by atoms with Crippen LogP contribution in [0.3, 0.4) is 0 Å². The normalized spacial score (nSPS) is 11.8. The van der Waals surface area contributed by atoms with Gasteiger partial charge in [-0.3, -0.25) is 4.79 Å². The monoisotopic (exact) mass is 223 g/mol. The van der Waals surface area contributed by atoms with Crippen molar-refractivity contribution in [1.29, 1.82) is 0 Å². The third kappa shape index (κ3) is 3.36. The smallest absolute Gasteiger partial charge is 0.342 e. The number of ether oxygens (including phenoxy) is 1. The average molecular weight is 223 g/mol. The van der Waals surface area contributed by atoms with E-state index in [9.17, 15) is 9.59 Å². The molecule has 86 valence electrons. The van der Waals surface area contributed by atoms with Crippen molar-refractivity contribution >= 4 is 11.9 Å². The summed E-state index contributed by atoms with van der Waals surface area (Å²) < 4.78 is 4.55. The van der Waals surface area contributed by atoms with Gasteiger partial charge in [-0.2, -0.15) is 0 Å². The van der Waals surface area contributed by atoms with E-state index in [1.165, 1.54) is 7.11 Å². The van der Waals surface area contributed by atoms with Gasteiger partial charge >= 0.3 is 5.97 Å². The lowest BCUT2D eigenvalue weighted by Crippen LogP contribution is -2.40. The van der Waals surface area contributed by atoms with Crippen LogP contribution < -0.4 is 5.32 Å². The highest BCUT2D eigenvalue weighted by Gasteiger charge is 2.25. The van der Waals surface area contributed by atoms with Crippen molar-refractivity contribution in [2.75, 3.05) is 7.11 Å². The number of carbonyl (C=O) groups excluding carboxylic acids is 1. The van der Waals surface area contributed by atoms with E-state index in [1.807, 2.05) is 30.3 Å². The number of carbonyl (C=O) groups is 2. The maximum atomic E-state index is 11.4. The van der Waals surface area contributed by atoms with Gasteiger partial charge < -0.3 is 15.2 Å². The topological polar surface area (TPSA) is 75.6 Å². The Morgan fingerprint density at radius 3 is 2.50 bits per heavy atom. The number of rotatable bonds is 5. The molecule has 1 aromatic carbocycles. The van der Waals surface area contributed by atoms with E-state index < -0.39 is 18.0 Å². The summed E-state index contributed by atoms with van der Waals surface area (Å²) in [7, 11) is 1.18. The van der Waals surface area contributed by atoms with E-state index in [4.69, 9.17) is 5.11 Å². The van der Waals surface area contributed by atoms with Crippen LogP contribution in [-0.2, 0) is 20.9 Å². The Hall–Kier alpha value is -1.88. The van der Waals surface area contributed by atoms with Crippen molar-refractivity contribution in [3.63, 3.8) is 0 Å². The first-order valence-electron chi connectivity index (χ1n) is 4.72. The number of hydrogen-bond donors (Lipinski definition) is 2. The van der Waals surface area contributed by atoms with Crippen molar-refractivity contribution in [2.45, 2.75) is 12.6 Å². The van der Waals surface area contributed by atoms with Crippen LogP contribution in [0.25, 0.3) is 0 Å². The SMILES string of the molecule is COC(C(=O)O)C(=O)NCc1ccccc1. The quantitative estimate of drug-likeness (QED) is 0.708. The summed E-state index contributed by atoms with van der Waals surface area (Å²) in [6.07, 6.45) is -1.45. The van der Waals surface area contributed by atoms with Gasteiger partial charge in [0, 0.05) is 13.7 Å².